The summed E-state index contributed by atoms with van der Waals surface area (Å²) in [6.45, 7) is 5.41. The van der Waals surface area contributed by atoms with Crippen LogP contribution in [-0.4, -0.2) is 26.2 Å². The second-order valence-corrected chi connectivity index (χ2v) is 5.74. The summed E-state index contributed by atoms with van der Waals surface area (Å²) in [6, 6.07) is 18.1. The van der Waals surface area contributed by atoms with Gasteiger partial charge < -0.3 is 15.5 Å². The number of likely N-dealkylation sites (N-methyl/N-ethyl adjacent to an activating group) is 1. The SMILES string of the molecule is Cc1ccccc1C(C)NC(=O)NCCN(C)c1ccccc1. The molecule has 0 aliphatic heterocycles. The summed E-state index contributed by atoms with van der Waals surface area (Å²) in [6.07, 6.45) is 0. The molecule has 0 saturated carbocycles. The van der Waals surface area contributed by atoms with Gasteiger partial charge in [0, 0.05) is 25.8 Å². The maximum Gasteiger partial charge on any atom is 0.315 e. The number of rotatable bonds is 6. The van der Waals surface area contributed by atoms with Gasteiger partial charge in [0.2, 0.25) is 0 Å². The van der Waals surface area contributed by atoms with Crippen molar-refractivity contribution in [3.63, 3.8) is 0 Å². The number of carbonyl (C=O) groups excluding carboxylic acids is 1. The highest BCUT2D eigenvalue weighted by Gasteiger charge is 2.10. The third kappa shape index (κ3) is 5.02. The summed E-state index contributed by atoms with van der Waals surface area (Å²) in [5.41, 5.74) is 3.47. The summed E-state index contributed by atoms with van der Waals surface area (Å²) in [4.78, 5) is 14.1. The average Bonchev–Trinajstić information content (AvgIpc) is 2.55. The quantitative estimate of drug-likeness (QED) is 0.857. The number of carbonyl (C=O) groups is 1. The van der Waals surface area contributed by atoms with Gasteiger partial charge in [-0.2, -0.15) is 0 Å². The number of hydrogen-bond acceptors (Lipinski definition) is 2. The third-order valence-corrected chi connectivity index (χ3v) is 3.93. The van der Waals surface area contributed by atoms with Gasteiger partial charge >= 0.3 is 6.03 Å². The maximum atomic E-state index is 12.0. The molecule has 0 aliphatic rings. The van der Waals surface area contributed by atoms with Crippen LogP contribution in [0.4, 0.5) is 10.5 Å². The Bertz CT molecular complexity index is 628. The molecule has 1 atom stereocenters. The molecule has 2 aromatic carbocycles. The molecule has 0 fully saturated rings. The van der Waals surface area contributed by atoms with E-state index in [9.17, 15) is 4.79 Å². The largest absolute Gasteiger partial charge is 0.373 e. The number of anilines is 1. The molecule has 0 aromatic heterocycles. The molecule has 4 heteroatoms. The lowest BCUT2D eigenvalue weighted by atomic mass is 10.0. The smallest absolute Gasteiger partial charge is 0.315 e. The molecule has 0 spiro atoms. The lowest BCUT2D eigenvalue weighted by Crippen LogP contribution is -2.40. The fourth-order valence-electron chi connectivity index (χ4n) is 2.55. The summed E-state index contributed by atoms with van der Waals surface area (Å²) >= 11 is 0. The van der Waals surface area contributed by atoms with E-state index in [1.807, 2.05) is 50.4 Å². The second kappa shape index (κ2) is 8.22. The van der Waals surface area contributed by atoms with Crippen LogP contribution in [0.3, 0.4) is 0 Å². The van der Waals surface area contributed by atoms with E-state index >= 15 is 0 Å². The zero-order valence-corrected chi connectivity index (χ0v) is 14.0. The van der Waals surface area contributed by atoms with Gasteiger partial charge in [-0.15, -0.1) is 0 Å². The molecule has 2 N–H and O–H groups in total. The Morgan fingerprint density at radius 3 is 2.43 bits per heavy atom. The monoisotopic (exact) mass is 311 g/mol. The first-order chi connectivity index (χ1) is 11.1. The van der Waals surface area contributed by atoms with E-state index in [-0.39, 0.29) is 12.1 Å². The zero-order valence-electron chi connectivity index (χ0n) is 14.0. The van der Waals surface area contributed by atoms with Crippen LogP contribution in [0.5, 0.6) is 0 Å². The normalized spacial score (nSPS) is 11.6. The van der Waals surface area contributed by atoms with Crippen molar-refractivity contribution in [2.45, 2.75) is 19.9 Å². The van der Waals surface area contributed by atoms with Crippen molar-refractivity contribution in [1.29, 1.82) is 0 Å². The summed E-state index contributed by atoms with van der Waals surface area (Å²) in [7, 11) is 2.02. The van der Waals surface area contributed by atoms with Crippen LogP contribution in [0.2, 0.25) is 0 Å². The first-order valence-corrected chi connectivity index (χ1v) is 7.94. The number of benzene rings is 2. The molecule has 122 valence electrons. The van der Waals surface area contributed by atoms with Crippen molar-refractivity contribution in [3.05, 3.63) is 65.7 Å². The van der Waals surface area contributed by atoms with E-state index in [4.69, 9.17) is 0 Å². The lowest BCUT2D eigenvalue weighted by Gasteiger charge is -2.20. The minimum atomic E-state index is -0.137. The molecule has 0 saturated heterocycles. The van der Waals surface area contributed by atoms with Crippen molar-refractivity contribution < 1.29 is 4.79 Å². The topological polar surface area (TPSA) is 44.4 Å². The molecule has 4 nitrogen and oxygen atoms in total. The molecule has 0 heterocycles. The standard InChI is InChI=1S/C19H25N3O/c1-15-9-7-8-12-18(15)16(2)21-19(23)20-13-14-22(3)17-10-5-4-6-11-17/h4-12,16H,13-14H2,1-3H3,(H2,20,21,23). The van der Waals surface area contributed by atoms with Gasteiger partial charge in [0.1, 0.15) is 0 Å². The highest BCUT2D eigenvalue weighted by Crippen LogP contribution is 2.16. The van der Waals surface area contributed by atoms with E-state index in [1.54, 1.807) is 0 Å². The number of amides is 2. The van der Waals surface area contributed by atoms with E-state index in [0.717, 1.165) is 17.8 Å². The van der Waals surface area contributed by atoms with Crippen molar-refractivity contribution in [2.24, 2.45) is 0 Å². The zero-order chi connectivity index (χ0) is 16.7. The molecule has 23 heavy (non-hydrogen) atoms. The van der Waals surface area contributed by atoms with Crippen molar-refractivity contribution in [1.82, 2.24) is 10.6 Å². The van der Waals surface area contributed by atoms with E-state index < -0.39 is 0 Å². The highest BCUT2D eigenvalue weighted by atomic mass is 16.2. The van der Waals surface area contributed by atoms with E-state index in [0.29, 0.717) is 6.54 Å². The Morgan fingerprint density at radius 2 is 1.74 bits per heavy atom. The number of nitrogens with zero attached hydrogens (tertiary/aromatic N) is 1. The molecule has 0 aliphatic carbocycles. The average molecular weight is 311 g/mol. The van der Waals surface area contributed by atoms with Crippen LogP contribution in [-0.2, 0) is 0 Å². The Hall–Kier alpha value is -2.49. The van der Waals surface area contributed by atoms with Crippen LogP contribution in [0, 0.1) is 6.92 Å². The van der Waals surface area contributed by atoms with Crippen LogP contribution in [0.25, 0.3) is 0 Å². The Labute approximate surface area is 138 Å². The van der Waals surface area contributed by atoms with Crippen molar-refractivity contribution >= 4 is 11.7 Å². The third-order valence-electron chi connectivity index (χ3n) is 3.93. The molecule has 0 radical (unpaired) electrons. The summed E-state index contributed by atoms with van der Waals surface area (Å²) in [5.74, 6) is 0. The van der Waals surface area contributed by atoms with Crippen molar-refractivity contribution in [2.75, 3.05) is 25.0 Å². The molecular weight excluding hydrogens is 286 g/mol. The van der Waals surface area contributed by atoms with E-state index in [2.05, 4.69) is 40.7 Å². The first kappa shape index (κ1) is 16.9. The van der Waals surface area contributed by atoms with Crippen molar-refractivity contribution in [3.8, 4) is 0 Å². The molecule has 0 bridgehead atoms. The number of nitrogens with one attached hydrogen (secondary N) is 2. The van der Waals surface area contributed by atoms with Crippen LogP contribution in [0.1, 0.15) is 24.1 Å². The predicted octanol–water partition coefficient (Wildman–Crippen LogP) is 3.49. The molecule has 1 unspecified atom stereocenters. The molecule has 2 aromatic rings. The van der Waals surface area contributed by atoms with Gasteiger partial charge in [0.25, 0.3) is 0 Å². The predicted molar refractivity (Wildman–Crippen MR) is 95.8 cm³/mol. The highest BCUT2D eigenvalue weighted by molar-refractivity contribution is 5.74. The summed E-state index contributed by atoms with van der Waals surface area (Å²) in [5, 5.41) is 5.89. The van der Waals surface area contributed by atoms with Crippen LogP contribution < -0.4 is 15.5 Å². The Morgan fingerprint density at radius 1 is 1.09 bits per heavy atom. The number of hydrogen-bond donors (Lipinski definition) is 2. The van der Waals surface area contributed by atoms with Gasteiger partial charge in [-0.3, -0.25) is 0 Å². The molecule has 2 amide bonds. The fraction of sp³-hybridized carbons (Fsp3) is 0.316. The van der Waals surface area contributed by atoms with Gasteiger partial charge in [0.15, 0.2) is 0 Å². The number of aryl methyl sites for hydroxylation is 1. The van der Waals surface area contributed by atoms with Crippen LogP contribution in [0.15, 0.2) is 54.6 Å². The summed E-state index contributed by atoms with van der Waals surface area (Å²) < 4.78 is 0. The Kier molecular flexibility index (Phi) is 6.03. The molecule has 2 rings (SSSR count). The van der Waals surface area contributed by atoms with Gasteiger partial charge in [0.05, 0.1) is 6.04 Å². The second-order valence-electron chi connectivity index (χ2n) is 5.74. The van der Waals surface area contributed by atoms with Gasteiger partial charge in [-0.25, -0.2) is 4.79 Å². The number of para-hydroxylation sites is 1. The minimum Gasteiger partial charge on any atom is -0.373 e. The van der Waals surface area contributed by atoms with Gasteiger partial charge in [-0.1, -0.05) is 42.5 Å². The van der Waals surface area contributed by atoms with Crippen LogP contribution >= 0.6 is 0 Å². The minimum absolute atomic E-state index is 0.0111. The molecular formula is C19H25N3O. The number of urea groups is 1. The maximum absolute atomic E-state index is 12.0. The first-order valence-electron chi connectivity index (χ1n) is 7.94. The van der Waals surface area contributed by atoms with Gasteiger partial charge in [-0.05, 0) is 37.1 Å². The Balaban J connectivity index is 1.76. The fourth-order valence-corrected chi connectivity index (χ4v) is 2.55. The van der Waals surface area contributed by atoms with E-state index in [1.165, 1.54) is 5.56 Å². The lowest BCUT2D eigenvalue weighted by molar-refractivity contribution is 0.238.